The first-order valence-corrected chi connectivity index (χ1v) is 8.91. The molecule has 0 aliphatic rings. The van der Waals surface area contributed by atoms with E-state index in [1.165, 1.54) is 6.92 Å². The van der Waals surface area contributed by atoms with E-state index in [1.54, 1.807) is 6.92 Å². The second kappa shape index (κ2) is 6.95. The second-order valence-corrected chi connectivity index (χ2v) is 7.67. The van der Waals surface area contributed by atoms with E-state index in [0.717, 1.165) is 16.9 Å². The van der Waals surface area contributed by atoms with E-state index in [1.807, 2.05) is 6.92 Å². The maximum Gasteiger partial charge on any atom is 0.350 e. The molecule has 1 heterocycles. The molecule has 0 aliphatic heterocycles. The maximum atomic E-state index is 12.2. The summed E-state index contributed by atoms with van der Waals surface area (Å²) in [6.45, 7) is 9.35. The van der Waals surface area contributed by atoms with Crippen molar-refractivity contribution >= 4 is 37.8 Å². The number of nitrogens with two attached hydrogens (primary N) is 1. The predicted molar refractivity (Wildman–Crippen MR) is 85.7 cm³/mol. The first-order valence-electron chi connectivity index (χ1n) is 6.44. The van der Waals surface area contributed by atoms with Gasteiger partial charge in [-0.2, -0.15) is 0 Å². The van der Waals surface area contributed by atoms with Crippen LogP contribution >= 0.6 is 11.3 Å². The van der Waals surface area contributed by atoms with Gasteiger partial charge < -0.3 is 15.8 Å². The van der Waals surface area contributed by atoms with Crippen LogP contribution in [-0.2, 0) is 14.6 Å². The summed E-state index contributed by atoms with van der Waals surface area (Å²) in [7, 11) is -3.55. The average molecular weight is 332 g/mol. The van der Waals surface area contributed by atoms with Gasteiger partial charge in [0.15, 0.2) is 9.84 Å². The number of nitrogen functional groups attached to an aromatic ring is 1. The maximum absolute atomic E-state index is 12.2. The predicted octanol–water partition coefficient (Wildman–Crippen LogP) is 2.29. The highest BCUT2D eigenvalue weighted by Gasteiger charge is 2.29. The van der Waals surface area contributed by atoms with Gasteiger partial charge in [-0.3, -0.25) is 0 Å². The molecule has 0 unspecified atom stereocenters. The highest BCUT2D eigenvalue weighted by Crippen LogP contribution is 2.40. The number of thiophene rings is 1. The zero-order chi connectivity index (χ0) is 16.2. The Balaban J connectivity index is 3.37. The molecule has 0 fully saturated rings. The SMILES string of the molecule is C=C(C)CNc1sc(C(=O)OCC)c(N)c1S(=O)(=O)CC. The van der Waals surface area contributed by atoms with E-state index < -0.39 is 15.8 Å². The van der Waals surface area contributed by atoms with Crippen molar-refractivity contribution in [1.82, 2.24) is 0 Å². The molecule has 21 heavy (non-hydrogen) atoms. The number of carbonyl (C=O) groups excluding carboxylic acids is 1. The topological polar surface area (TPSA) is 98.5 Å². The summed E-state index contributed by atoms with van der Waals surface area (Å²) in [4.78, 5) is 11.9. The number of anilines is 2. The van der Waals surface area contributed by atoms with Crippen LogP contribution in [0.2, 0.25) is 0 Å². The van der Waals surface area contributed by atoms with Gasteiger partial charge >= 0.3 is 5.97 Å². The Kier molecular flexibility index (Phi) is 5.79. The van der Waals surface area contributed by atoms with E-state index in [2.05, 4.69) is 11.9 Å². The van der Waals surface area contributed by atoms with Crippen molar-refractivity contribution in [3.05, 3.63) is 17.0 Å². The van der Waals surface area contributed by atoms with E-state index in [-0.39, 0.29) is 27.8 Å². The molecule has 0 radical (unpaired) electrons. The van der Waals surface area contributed by atoms with Gasteiger partial charge in [0.25, 0.3) is 0 Å². The third-order valence-electron chi connectivity index (χ3n) is 2.60. The Bertz CT molecular complexity index is 647. The Morgan fingerprint density at radius 2 is 2.05 bits per heavy atom. The van der Waals surface area contributed by atoms with Crippen molar-refractivity contribution in [3.63, 3.8) is 0 Å². The molecule has 0 amide bonds. The molecule has 3 N–H and O–H groups in total. The Morgan fingerprint density at radius 3 is 2.52 bits per heavy atom. The molecule has 8 heteroatoms. The standard InChI is InChI=1S/C13H20N2O4S2/c1-5-19-13(16)10-9(14)11(21(17,18)6-2)12(20-10)15-7-8(3)4/h15H,3,5-7,14H2,1-2,4H3. The third-order valence-corrected chi connectivity index (χ3v) is 5.68. The molecule has 0 bridgehead atoms. The van der Waals surface area contributed by atoms with Crippen molar-refractivity contribution in [2.75, 3.05) is 30.0 Å². The molecule has 0 saturated heterocycles. The van der Waals surface area contributed by atoms with Crippen LogP contribution in [0.15, 0.2) is 17.0 Å². The molecular weight excluding hydrogens is 312 g/mol. The molecule has 0 spiro atoms. The zero-order valence-corrected chi connectivity index (χ0v) is 14.0. The van der Waals surface area contributed by atoms with Gasteiger partial charge in [-0.15, -0.1) is 11.3 Å². The molecule has 1 rings (SSSR count). The number of nitrogens with one attached hydrogen (secondary N) is 1. The van der Waals surface area contributed by atoms with Crippen LogP contribution in [-0.4, -0.2) is 33.3 Å². The highest BCUT2D eigenvalue weighted by atomic mass is 32.2. The van der Waals surface area contributed by atoms with Crippen molar-refractivity contribution in [1.29, 1.82) is 0 Å². The molecule has 0 saturated carbocycles. The van der Waals surface area contributed by atoms with Crippen LogP contribution in [0.3, 0.4) is 0 Å². The lowest BCUT2D eigenvalue weighted by Crippen LogP contribution is -2.11. The second-order valence-electron chi connectivity index (χ2n) is 4.44. The number of sulfone groups is 1. The normalized spacial score (nSPS) is 11.2. The largest absolute Gasteiger partial charge is 0.462 e. The number of esters is 1. The lowest BCUT2D eigenvalue weighted by Gasteiger charge is -2.07. The fourth-order valence-electron chi connectivity index (χ4n) is 1.58. The summed E-state index contributed by atoms with van der Waals surface area (Å²) in [5, 5.41) is 3.31. The van der Waals surface area contributed by atoms with Gasteiger partial charge in [-0.25, -0.2) is 13.2 Å². The van der Waals surface area contributed by atoms with Crippen LogP contribution in [0.5, 0.6) is 0 Å². The summed E-state index contributed by atoms with van der Waals surface area (Å²) in [6, 6.07) is 0. The van der Waals surface area contributed by atoms with Crippen molar-refractivity contribution in [2.45, 2.75) is 25.7 Å². The van der Waals surface area contributed by atoms with Crippen LogP contribution in [0.25, 0.3) is 0 Å². The first kappa shape index (κ1) is 17.5. The molecule has 0 aromatic carbocycles. The Labute approximate surface area is 128 Å². The summed E-state index contributed by atoms with van der Waals surface area (Å²) in [6.07, 6.45) is 0. The number of carbonyl (C=O) groups is 1. The minimum Gasteiger partial charge on any atom is -0.462 e. The highest BCUT2D eigenvalue weighted by molar-refractivity contribution is 7.91. The van der Waals surface area contributed by atoms with Gasteiger partial charge in [0.1, 0.15) is 14.8 Å². The van der Waals surface area contributed by atoms with Gasteiger partial charge in [0.2, 0.25) is 0 Å². The average Bonchev–Trinajstić information content (AvgIpc) is 2.74. The van der Waals surface area contributed by atoms with E-state index >= 15 is 0 Å². The van der Waals surface area contributed by atoms with Gasteiger partial charge in [0, 0.05) is 6.54 Å². The van der Waals surface area contributed by atoms with E-state index in [4.69, 9.17) is 10.5 Å². The summed E-state index contributed by atoms with van der Waals surface area (Å²) in [5.74, 6) is -0.714. The molecular formula is C13H20N2O4S2. The van der Waals surface area contributed by atoms with Gasteiger partial charge in [0.05, 0.1) is 18.0 Å². The Hall–Kier alpha value is -1.54. The molecule has 118 valence electrons. The fraction of sp³-hybridized carbons (Fsp3) is 0.462. The van der Waals surface area contributed by atoms with Gasteiger partial charge in [-0.05, 0) is 13.8 Å². The number of hydrogen-bond acceptors (Lipinski definition) is 7. The molecule has 1 aromatic heterocycles. The number of rotatable bonds is 7. The zero-order valence-electron chi connectivity index (χ0n) is 12.4. The van der Waals surface area contributed by atoms with Crippen molar-refractivity contribution in [2.24, 2.45) is 0 Å². The summed E-state index contributed by atoms with van der Waals surface area (Å²) < 4.78 is 29.3. The summed E-state index contributed by atoms with van der Waals surface area (Å²) in [5.41, 5.74) is 6.65. The molecule has 0 aliphatic carbocycles. The third kappa shape index (κ3) is 3.98. The molecule has 1 aromatic rings. The lowest BCUT2D eigenvalue weighted by atomic mass is 10.3. The van der Waals surface area contributed by atoms with E-state index in [9.17, 15) is 13.2 Å². The smallest absolute Gasteiger partial charge is 0.350 e. The minimum absolute atomic E-state index is 0.0284. The van der Waals surface area contributed by atoms with Crippen LogP contribution in [0, 0.1) is 0 Å². The molecule has 0 atom stereocenters. The van der Waals surface area contributed by atoms with Gasteiger partial charge in [-0.1, -0.05) is 19.1 Å². The Morgan fingerprint density at radius 1 is 1.43 bits per heavy atom. The summed E-state index contributed by atoms with van der Waals surface area (Å²) >= 11 is 0.987. The van der Waals surface area contributed by atoms with Crippen LogP contribution in [0.4, 0.5) is 10.7 Å². The quantitative estimate of drug-likeness (QED) is 0.587. The molecule has 6 nitrogen and oxygen atoms in total. The first-order chi connectivity index (χ1) is 9.74. The van der Waals surface area contributed by atoms with Crippen molar-refractivity contribution in [3.8, 4) is 0 Å². The van der Waals surface area contributed by atoms with Crippen LogP contribution in [0.1, 0.15) is 30.4 Å². The van der Waals surface area contributed by atoms with Crippen LogP contribution < -0.4 is 11.1 Å². The fourth-order valence-corrected chi connectivity index (χ4v) is 4.13. The number of ether oxygens (including phenoxy) is 1. The monoisotopic (exact) mass is 332 g/mol. The minimum atomic E-state index is -3.55. The van der Waals surface area contributed by atoms with Crippen molar-refractivity contribution < 1.29 is 17.9 Å². The van der Waals surface area contributed by atoms with E-state index in [0.29, 0.717) is 11.5 Å². The number of hydrogen-bond donors (Lipinski definition) is 2. The lowest BCUT2D eigenvalue weighted by molar-refractivity contribution is 0.0533.